The Morgan fingerprint density at radius 1 is 1.21 bits per heavy atom. The zero-order valence-corrected chi connectivity index (χ0v) is 16.9. The Morgan fingerprint density at radius 2 is 1.96 bits per heavy atom. The third-order valence-corrected chi connectivity index (χ3v) is 5.46. The predicted octanol–water partition coefficient (Wildman–Crippen LogP) is 3.10. The lowest BCUT2D eigenvalue weighted by Gasteiger charge is -2.13. The van der Waals surface area contributed by atoms with Crippen molar-refractivity contribution in [3.63, 3.8) is 0 Å². The van der Waals surface area contributed by atoms with Gasteiger partial charge in [-0.2, -0.15) is 0 Å². The van der Waals surface area contributed by atoms with Crippen molar-refractivity contribution in [3.05, 3.63) is 69.5 Å². The third-order valence-electron chi connectivity index (χ3n) is 4.11. The number of methoxy groups -OCH3 is 1. The maximum absolute atomic E-state index is 12.8. The number of nitrogens with one attached hydrogen (secondary N) is 1. The van der Waals surface area contributed by atoms with Gasteiger partial charge in [0.05, 0.1) is 29.8 Å². The topological polar surface area (TPSA) is 73.2 Å². The molecule has 0 saturated carbocycles. The van der Waals surface area contributed by atoms with Gasteiger partial charge in [-0.1, -0.05) is 53.7 Å². The van der Waals surface area contributed by atoms with E-state index >= 15 is 0 Å². The summed E-state index contributed by atoms with van der Waals surface area (Å²) in [5.41, 5.74) is 1.32. The van der Waals surface area contributed by atoms with Crippen molar-refractivity contribution < 1.29 is 9.53 Å². The summed E-state index contributed by atoms with van der Waals surface area (Å²) in [4.78, 5) is 29.6. The van der Waals surface area contributed by atoms with Crippen LogP contribution in [0.1, 0.15) is 5.56 Å². The molecule has 2 aromatic carbocycles. The van der Waals surface area contributed by atoms with Gasteiger partial charge in [-0.05, 0) is 23.8 Å². The van der Waals surface area contributed by atoms with Gasteiger partial charge in [-0.15, -0.1) is 0 Å². The molecule has 0 unspecified atom stereocenters. The van der Waals surface area contributed by atoms with Crippen LogP contribution in [-0.4, -0.2) is 34.9 Å². The first-order valence-corrected chi connectivity index (χ1v) is 10.1. The number of amides is 1. The lowest BCUT2D eigenvalue weighted by molar-refractivity contribution is -0.118. The van der Waals surface area contributed by atoms with Crippen molar-refractivity contribution in [2.45, 2.75) is 18.2 Å². The number of para-hydroxylation sites is 1. The van der Waals surface area contributed by atoms with Gasteiger partial charge in [0.2, 0.25) is 5.91 Å². The van der Waals surface area contributed by atoms with Crippen molar-refractivity contribution in [2.24, 2.45) is 0 Å². The first-order chi connectivity index (χ1) is 13.6. The molecule has 3 aromatic rings. The van der Waals surface area contributed by atoms with Crippen LogP contribution in [0.5, 0.6) is 0 Å². The van der Waals surface area contributed by atoms with Crippen molar-refractivity contribution in [3.8, 4) is 0 Å². The molecule has 0 spiro atoms. The van der Waals surface area contributed by atoms with Crippen LogP contribution in [0.3, 0.4) is 0 Å². The van der Waals surface area contributed by atoms with Crippen LogP contribution in [0.4, 0.5) is 0 Å². The second kappa shape index (κ2) is 9.73. The molecular formula is C20H20ClN3O3S. The summed E-state index contributed by atoms with van der Waals surface area (Å²) in [5, 5.41) is 4.49. The Labute approximate surface area is 171 Å². The van der Waals surface area contributed by atoms with Crippen molar-refractivity contribution in [1.82, 2.24) is 14.9 Å². The molecule has 146 valence electrons. The highest BCUT2D eigenvalue weighted by Gasteiger charge is 2.13. The fourth-order valence-electron chi connectivity index (χ4n) is 2.65. The Kier molecular flexibility index (Phi) is 7.08. The number of rotatable bonds is 8. The molecule has 0 radical (unpaired) electrons. The van der Waals surface area contributed by atoms with Crippen LogP contribution in [0.2, 0.25) is 5.02 Å². The van der Waals surface area contributed by atoms with Gasteiger partial charge in [0.25, 0.3) is 5.56 Å². The lowest BCUT2D eigenvalue weighted by atomic mass is 10.2. The summed E-state index contributed by atoms with van der Waals surface area (Å²) in [7, 11) is 1.58. The first kappa shape index (κ1) is 20.4. The number of hydrogen-bond acceptors (Lipinski definition) is 5. The van der Waals surface area contributed by atoms with E-state index in [0.29, 0.717) is 40.8 Å². The molecule has 0 aliphatic heterocycles. The van der Waals surface area contributed by atoms with Crippen LogP contribution >= 0.6 is 23.4 Å². The van der Waals surface area contributed by atoms with E-state index in [4.69, 9.17) is 16.3 Å². The predicted molar refractivity (Wildman–Crippen MR) is 112 cm³/mol. The average molecular weight is 418 g/mol. The molecule has 28 heavy (non-hydrogen) atoms. The Hall–Kier alpha value is -2.35. The molecule has 1 amide bonds. The molecule has 0 fully saturated rings. The van der Waals surface area contributed by atoms with E-state index in [0.717, 1.165) is 5.56 Å². The number of aromatic nitrogens is 2. The molecule has 0 bridgehead atoms. The van der Waals surface area contributed by atoms with Crippen LogP contribution < -0.4 is 10.9 Å². The van der Waals surface area contributed by atoms with E-state index < -0.39 is 0 Å². The molecule has 1 aromatic heterocycles. The SMILES string of the molecule is COCCn1c(SCC(=O)NCc2ccccc2Cl)nc2ccccc2c1=O. The summed E-state index contributed by atoms with van der Waals surface area (Å²) in [6, 6.07) is 14.5. The van der Waals surface area contributed by atoms with Gasteiger partial charge in [0.15, 0.2) is 5.16 Å². The monoisotopic (exact) mass is 417 g/mol. The molecule has 1 heterocycles. The van der Waals surface area contributed by atoms with Gasteiger partial charge in [-0.3, -0.25) is 14.2 Å². The minimum atomic E-state index is -0.161. The number of nitrogens with zero attached hydrogens (tertiary/aromatic N) is 2. The molecule has 0 aliphatic rings. The number of carbonyl (C=O) groups excluding carboxylic acids is 1. The van der Waals surface area contributed by atoms with E-state index in [1.807, 2.05) is 24.3 Å². The van der Waals surface area contributed by atoms with Crippen molar-refractivity contribution in [1.29, 1.82) is 0 Å². The van der Waals surface area contributed by atoms with E-state index in [1.54, 1.807) is 35.9 Å². The standard InChI is InChI=1S/C20H20ClN3O3S/c1-27-11-10-24-19(26)15-7-3-5-9-17(15)23-20(24)28-13-18(25)22-12-14-6-2-4-8-16(14)21/h2-9H,10-13H2,1H3,(H,22,25). The molecule has 0 saturated heterocycles. The summed E-state index contributed by atoms with van der Waals surface area (Å²) >= 11 is 7.33. The van der Waals surface area contributed by atoms with Crippen LogP contribution in [0.15, 0.2) is 58.5 Å². The normalized spacial score (nSPS) is 10.9. The molecule has 8 heteroatoms. The summed E-state index contributed by atoms with van der Waals surface area (Å²) in [5.74, 6) is -0.0204. The minimum absolute atomic E-state index is 0.137. The molecule has 0 aliphatic carbocycles. The molecule has 3 rings (SSSR count). The summed E-state index contributed by atoms with van der Waals surface area (Å²) in [6.45, 7) is 1.10. The zero-order chi connectivity index (χ0) is 19.9. The Balaban J connectivity index is 1.73. The maximum atomic E-state index is 12.8. The van der Waals surface area contributed by atoms with Crippen molar-refractivity contribution >= 4 is 40.2 Å². The number of ether oxygens (including phenoxy) is 1. The number of carbonyl (C=O) groups is 1. The number of halogens is 1. The van der Waals surface area contributed by atoms with Crippen LogP contribution in [-0.2, 0) is 22.6 Å². The lowest BCUT2D eigenvalue weighted by Crippen LogP contribution is -2.27. The van der Waals surface area contributed by atoms with Gasteiger partial charge in [0, 0.05) is 18.7 Å². The second-order valence-electron chi connectivity index (χ2n) is 6.02. The molecule has 0 atom stereocenters. The van der Waals surface area contributed by atoms with Gasteiger partial charge in [-0.25, -0.2) is 4.98 Å². The quantitative estimate of drug-likeness (QED) is 0.450. The smallest absolute Gasteiger partial charge is 0.262 e. The van der Waals surface area contributed by atoms with Crippen LogP contribution in [0, 0.1) is 0 Å². The number of fused-ring (bicyclic) bond motifs is 1. The largest absolute Gasteiger partial charge is 0.383 e. The third kappa shape index (κ3) is 4.92. The number of hydrogen-bond donors (Lipinski definition) is 1. The van der Waals surface area contributed by atoms with Gasteiger partial charge >= 0.3 is 0 Å². The summed E-state index contributed by atoms with van der Waals surface area (Å²) in [6.07, 6.45) is 0. The maximum Gasteiger partial charge on any atom is 0.262 e. The van der Waals surface area contributed by atoms with E-state index in [2.05, 4.69) is 10.3 Å². The Bertz CT molecular complexity index is 1040. The second-order valence-corrected chi connectivity index (χ2v) is 7.37. The fourth-order valence-corrected chi connectivity index (χ4v) is 3.71. The minimum Gasteiger partial charge on any atom is -0.383 e. The van der Waals surface area contributed by atoms with Crippen LogP contribution in [0.25, 0.3) is 10.9 Å². The molecule has 6 nitrogen and oxygen atoms in total. The first-order valence-electron chi connectivity index (χ1n) is 8.71. The highest BCUT2D eigenvalue weighted by Crippen LogP contribution is 2.18. The number of thioether (sulfide) groups is 1. The molecular weight excluding hydrogens is 398 g/mol. The van der Waals surface area contributed by atoms with E-state index in [9.17, 15) is 9.59 Å². The van der Waals surface area contributed by atoms with Crippen molar-refractivity contribution in [2.75, 3.05) is 19.5 Å². The summed E-state index contributed by atoms with van der Waals surface area (Å²) < 4.78 is 6.66. The average Bonchev–Trinajstić information content (AvgIpc) is 2.71. The van der Waals surface area contributed by atoms with E-state index in [-0.39, 0.29) is 17.2 Å². The van der Waals surface area contributed by atoms with E-state index in [1.165, 1.54) is 11.8 Å². The fraction of sp³-hybridized carbons (Fsp3) is 0.250. The Morgan fingerprint density at radius 3 is 2.75 bits per heavy atom. The highest BCUT2D eigenvalue weighted by molar-refractivity contribution is 7.99. The van der Waals surface area contributed by atoms with Gasteiger partial charge in [0.1, 0.15) is 0 Å². The molecule has 1 N–H and O–H groups in total. The number of benzene rings is 2. The highest BCUT2D eigenvalue weighted by atomic mass is 35.5. The van der Waals surface area contributed by atoms with Gasteiger partial charge < -0.3 is 10.1 Å². The zero-order valence-electron chi connectivity index (χ0n) is 15.4.